The molecule has 1 saturated carbocycles. The maximum absolute atomic E-state index is 6.53. The number of fused-ring (bicyclic) bond motifs is 1. The Morgan fingerprint density at radius 3 is 2.47 bits per heavy atom. The summed E-state index contributed by atoms with van der Waals surface area (Å²) in [5.41, 5.74) is 1.17. The van der Waals surface area contributed by atoms with Crippen molar-refractivity contribution >= 4 is 0 Å². The van der Waals surface area contributed by atoms with E-state index < -0.39 is 5.79 Å². The van der Waals surface area contributed by atoms with Crippen molar-refractivity contribution in [2.24, 2.45) is 0 Å². The number of rotatable bonds is 12. The maximum Gasteiger partial charge on any atom is 0.190 e. The zero-order valence-electron chi connectivity index (χ0n) is 19.9. The van der Waals surface area contributed by atoms with Gasteiger partial charge in [0.2, 0.25) is 0 Å². The van der Waals surface area contributed by atoms with Gasteiger partial charge < -0.3 is 18.9 Å². The molecule has 3 aliphatic rings. The van der Waals surface area contributed by atoms with Gasteiger partial charge in [0.15, 0.2) is 12.1 Å². The first-order valence-corrected chi connectivity index (χ1v) is 13.1. The molecule has 2 saturated heterocycles. The largest absolute Gasteiger partial charge is 0.368 e. The van der Waals surface area contributed by atoms with Gasteiger partial charge in [0.05, 0.1) is 6.61 Å². The van der Waals surface area contributed by atoms with Crippen molar-refractivity contribution in [3.05, 3.63) is 48.0 Å². The summed E-state index contributed by atoms with van der Waals surface area (Å²) in [7, 11) is 0. The van der Waals surface area contributed by atoms with E-state index in [0.717, 1.165) is 32.1 Å². The Bertz CT molecular complexity index is 682. The first-order chi connectivity index (χ1) is 15.8. The molecule has 0 aromatic heterocycles. The van der Waals surface area contributed by atoms with Crippen molar-refractivity contribution in [2.75, 3.05) is 0 Å². The lowest BCUT2D eigenvalue weighted by molar-refractivity contribution is -0.244. The quantitative estimate of drug-likeness (QED) is 0.256. The Morgan fingerprint density at radius 1 is 0.938 bits per heavy atom. The Balaban J connectivity index is 1.29. The average Bonchev–Trinajstić information content (AvgIpc) is 3.31. The summed E-state index contributed by atoms with van der Waals surface area (Å²) in [5.74, 6) is -0.450. The van der Waals surface area contributed by atoms with E-state index in [1.165, 1.54) is 56.9 Å². The van der Waals surface area contributed by atoms with Gasteiger partial charge in [-0.2, -0.15) is 0 Å². The molecule has 3 fully saturated rings. The smallest absolute Gasteiger partial charge is 0.190 e. The maximum atomic E-state index is 6.53. The molecule has 4 nitrogen and oxygen atoms in total. The third-order valence-electron chi connectivity index (χ3n) is 7.09. The van der Waals surface area contributed by atoms with Crippen LogP contribution in [0.15, 0.2) is 42.5 Å². The van der Waals surface area contributed by atoms with Crippen LogP contribution in [-0.2, 0) is 25.6 Å². The van der Waals surface area contributed by atoms with E-state index in [9.17, 15) is 0 Å². The number of unbranched alkanes of at least 4 members (excludes halogenated alkanes) is 7. The number of ether oxygens (including phenoxy) is 4. The molecule has 0 radical (unpaired) electrons. The summed E-state index contributed by atoms with van der Waals surface area (Å²) >= 11 is 0. The van der Waals surface area contributed by atoms with E-state index >= 15 is 0 Å². The fourth-order valence-corrected chi connectivity index (χ4v) is 5.24. The van der Waals surface area contributed by atoms with Gasteiger partial charge in [0.1, 0.15) is 18.3 Å². The van der Waals surface area contributed by atoms with Gasteiger partial charge in [-0.05, 0) is 31.2 Å². The molecule has 0 bridgehead atoms. The highest BCUT2D eigenvalue weighted by molar-refractivity contribution is 5.14. The molecular weight excluding hydrogens is 400 g/mol. The summed E-state index contributed by atoms with van der Waals surface area (Å²) in [5, 5.41) is 0. The highest BCUT2D eigenvalue weighted by Crippen LogP contribution is 2.46. The normalized spacial score (nSPS) is 29.2. The van der Waals surface area contributed by atoms with Crippen molar-refractivity contribution in [1.29, 1.82) is 0 Å². The van der Waals surface area contributed by atoms with Crippen molar-refractivity contribution in [3.63, 3.8) is 0 Å². The number of hydrogen-bond donors (Lipinski definition) is 0. The molecule has 0 amide bonds. The highest BCUT2D eigenvalue weighted by atomic mass is 16.8. The summed E-state index contributed by atoms with van der Waals surface area (Å²) < 4.78 is 25.6. The van der Waals surface area contributed by atoms with E-state index in [1.54, 1.807) is 0 Å². The van der Waals surface area contributed by atoms with Crippen molar-refractivity contribution < 1.29 is 18.9 Å². The molecule has 2 heterocycles. The van der Waals surface area contributed by atoms with Crippen molar-refractivity contribution in [2.45, 2.75) is 127 Å². The van der Waals surface area contributed by atoms with E-state index in [-0.39, 0.29) is 24.6 Å². The van der Waals surface area contributed by atoms with E-state index in [0.29, 0.717) is 6.61 Å². The molecule has 4 atom stereocenters. The monoisotopic (exact) mass is 442 g/mol. The topological polar surface area (TPSA) is 36.9 Å². The first kappa shape index (κ1) is 23.9. The van der Waals surface area contributed by atoms with Crippen LogP contribution in [0, 0.1) is 0 Å². The highest BCUT2D eigenvalue weighted by Gasteiger charge is 2.57. The zero-order valence-corrected chi connectivity index (χ0v) is 19.9. The third-order valence-corrected chi connectivity index (χ3v) is 7.09. The van der Waals surface area contributed by atoms with Crippen LogP contribution in [0.3, 0.4) is 0 Å². The molecule has 32 heavy (non-hydrogen) atoms. The van der Waals surface area contributed by atoms with Gasteiger partial charge in [-0.3, -0.25) is 0 Å². The number of allylic oxidation sites excluding steroid dienone is 1. The van der Waals surface area contributed by atoms with Gasteiger partial charge in [0, 0.05) is 12.8 Å². The lowest BCUT2D eigenvalue weighted by atomic mass is 9.94. The summed E-state index contributed by atoms with van der Waals surface area (Å²) in [6, 6.07) is 10.4. The summed E-state index contributed by atoms with van der Waals surface area (Å²) in [6.45, 7) is 2.84. The van der Waals surface area contributed by atoms with Crippen LogP contribution in [-0.4, -0.2) is 30.4 Å². The molecule has 0 unspecified atom stereocenters. The van der Waals surface area contributed by atoms with Crippen LogP contribution < -0.4 is 0 Å². The van der Waals surface area contributed by atoms with Gasteiger partial charge in [-0.15, -0.1) is 0 Å². The van der Waals surface area contributed by atoms with Gasteiger partial charge in [-0.25, -0.2) is 0 Å². The Labute approximate surface area is 194 Å². The van der Waals surface area contributed by atoms with Crippen molar-refractivity contribution in [3.8, 4) is 0 Å². The van der Waals surface area contributed by atoms with Crippen LogP contribution in [0.25, 0.3) is 0 Å². The van der Waals surface area contributed by atoms with Crippen LogP contribution in [0.2, 0.25) is 0 Å². The van der Waals surface area contributed by atoms with E-state index in [4.69, 9.17) is 18.9 Å². The predicted molar refractivity (Wildman–Crippen MR) is 127 cm³/mol. The molecule has 1 spiro atoms. The van der Waals surface area contributed by atoms with Gasteiger partial charge in [-0.1, -0.05) is 94.4 Å². The fraction of sp³-hybridized carbons (Fsp3) is 0.714. The third kappa shape index (κ3) is 6.44. The minimum Gasteiger partial charge on any atom is -0.368 e. The second-order valence-electron chi connectivity index (χ2n) is 9.74. The van der Waals surface area contributed by atoms with Crippen LogP contribution in [0.4, 0.5) is 0 Å². The average molecular weight is 443 g/mol. The Hall–Kier alpha value is -1.20. The second kappa shape index (κ2) is 12.3. The minimum absolute atomic E-state index is 0.112. The van der Waals surface area contributed by atoms with Gasteiger partial charge in [0.25, 0.3) is 0 Å². The molecule has 1 aliphatic carbocycles. The number of hydrogen-bond acceptors (Lipinski definition) is 4. The lowest BCUT2D eigenvalue weighted by Crippen LogP contribution is -2.39. The molecule has 0 N–H and O–H groups in total. The van der Waals surface area contributed by atoms with Gasteiger partial charge >= 0.3 is 0 Å². The molecule has 2 aliphatic heterocycles. The second-order valence-corrected chi connectivity index (χ2v) is 9.74. The molecule has 178 valence electrons. The SMILES string of the molecule is CCCCCCCCC/C=C/[C@H]1O[C@@H]2OC3(CCCCC3)O[C@@H]2[C@H]1OCc1ccccc1. The molecular formula is C28H42O4. The Morgan fingerprint density at radius 2 is 1.69 bits per heavy atom. The molecule has 4 heteroatoms. The molecule has 1 aromatic rings. The van der Waals surface area contributed by atoms with Crippen LogP contribution in [0.1, 0.15) is 96.0 Å². The zero-order chi connectivity index (χ0) is 22.1. The fourth-order valence-electron chi connectivity index (χ4n) is 5.24. The predicted octanol–water partition coefficient (Wildman–Crippen LogP) is 7.07. The summed E-state index contributed by atoms with van der Waals surface area (Å²) in [4.78, 5) is 0. The van der Waals surface area contributed by atoms with Crippen LogP contribution in [0.5, 0.6) is 0 Å². The minimum atomic E-state index is -0.450. The standard InChI is InChI=1S/C28H42O4/c1-2-3-4-5-6-7-8-9-14-19-24-25(29-22-23-17-12-10-13-18-23)26-27(30-24)32-28(31-26)20-15-11-16-21-28/h10,12-14,17-19,24-27H,2-9,11,15-16,20-22H2,1H3/b19-14+/t24-,25+,26-,27-/m1/s1. The number of benzene rings is 1. The summed E-state index contributed by atoms with van der Waals surface area (Å²) in [6.07, 6.45) is 19.7. The molecule has 4 rings (SSSR count). The lowest BCUT2D eigenvalue weighted by Gasteiger charge is -2.33. The van der Waals surface area contributed by atoms with Crippen LogP contribution >= 0.6 is 0 Å². The molecule has 1 aromatic carbocycles. The van der Waals surface area contributed by atoms with E-state index in [1.807, 2.05) is 6.07 Å². The Kier molecular flexibility index (Phi) is 9.21. The van der Waals surface area contributed by atoms with E-state index in [2.05, 4.69) is 43.3 Å². The first-order valence-electron chi connectivity index (χ1n) is 13.1. The van der Waals surface area contributed by atoms with Crippen molar-refractivity contribution in [1.82, 2.24) is 0 Å².